The molecule has 1 aromatic rings. The molecule has 0 heterocycles. The molecular weight excluding hydrogens is 278 g/mol. The number of benzene rings is 1. The van der Waals surface area contributed by atoms with Gasteiger partial charge in [0.2, 0.25) is 5.91 Å². The molecule has 104 valence electrons. The lowest BCUT2D eigenvalue weighted by atomic mass is 10.2. The summed E-state index contributed by atoms with van der Waals surface area (Å²) in [4.78, 5) is 11.7. The summed E-state index contributed by atoms with van der Waals surface area (Å²) in [6.45, 7) is -0.0354. The van der Waals surface area contributed by atoms with Crippen LogP contribution in [0.3, 0.4) is 0 Å². The zero-order valence-electron chi connectivity index (χ0n) is 10.9. The third-order valence-corrected chi connectivity index (χ3v) is 4.56. The highest BCUT2D eigenvalue weighted by atomic mass is 32.2. The second-order valence-corrected chi connectivity index (χ2v) is 6.17. The van der Waals surface area contributed by atoms with Gasteiger partial charge in [0, 0.05) is 16.9 Å². The summed E-state index contributed by atoms with van der Waals surface area (Å²) in [5.41, 5.74) is 0.981. The van der Waals surface area contributed by atoms with Gasteiger partial charge in [0.15, 0.2) is 0 Å². The first-order valence-electron chi connectivity index (χ1n) is 5.97. The standard InChI is InChI=1S/C14H19NO2S2/c1-18-11-19-10-13(9-16)15-14(17)8-7-12-5-3-2-4-6-12/h2-8,13,16H,9-11H2,1H3,(H,15,17)/b8-7-/t13-/m0/s1. The fraction of sp³-hybridized carbons (Fsp3) is 0.357. The van der Waals surface area contributed by atoms with Crippen molar-refractivity contribution in [1.29, 1.82) is 0 Å². The Labute approximate surface area is 122 Å². The molecule has 0 fully saturated rings. The van der Waals surface area contributed by atoms with Gasteiger partial charge in [-0.3, -0.25) is 4.79 Å². The van der Waals surface area contributed by atoms with Gasteiger partial charge in [-0.1, -0.05) is 30.3 Å². The van der Waals surface area contributed by atoms with Crippen LogP contribution < -0.4 is 5.32 Å². The highest BCUT2D eigenvalue weighted by Crippen LogP contribution is 2.09. The summed E-state index contributed by atoms with van der Waals surface area (Å²) in [5.74, 6) is 0.551. The first-order chi connectivity index (χ1) is 9.26. The maximum atomic E-state index is 11.7. The largest absolute Gasteiger partial charge is 0.394 e. The quantitative estimate of drug-likeness (QED) is 0.439. The smallest absolute Gasteiger partial charge is 0.244 e. The minimum Gasteiger partial charge on any atom is -0.394 e. The lowest BCUT2D eigenvalue weighted by molar-refractivity contribution is -0.117. The van der Waals surface area contributed by atoms with Crippen LogP contribution in [0.2, 0.25) is 0 Å². The molecule has 0 bridgehead atoms. The molecule has 0 aromatic heterocycles. The van der Waals surface area contributed by atoms with Crippen molar-refractivity contribution in [2.45, 2.75) is 6.04 Å². The molecule has 0 saturated heterocycles. The second-order valence-electron chi connectivity index (χ2n) is 3.91. The van der Waals surface area contributed by atoms with Crippen molar-refractivity contribution in [2.75, 3.05) is 23.7 Å². The third-order valence-electron chi connectivity index (χ3n) is 2.31. The van der Waals surface area contributed by atoms with Crippen LogP contribution in [0.25, 0.3) is 6.08 Å². The number of hydrogen-bond acceptors (Lipinski definition) is 4. The molecule has 3 nitrogen and oxygen atoms in total. The first kappa shape index (κ1) is 16.1. The van der Waals surface area contributed by atoms with Crippen LogP contribution in [0.1, 0.15) is 5.56 Å². The molecule has 0 spiro atoms. The van der Waals surface area contributed by atoms with Crippen LogP contribution in [-0.4, -0.2) is 40.8 Å². The molecule has 1 rings (SSSR count). The van der Waals surface area contributed by atoms with E-state index in [4.69, 9.17) is 0 Å². The summed E-state index contributed by atoms with van der Waals surface area (Å²) < 4.78 is 0. The van der Waals surface area contributed by atoms with Crippen molar-refractivity contribution in [3.63, 3.8) is 0 Å². The Balaban J connectivity index is 2.38. The van der Waals surface area contributed by atoms with Gasteiger partial charge in [-0.15, -0.1) is 11.8 Å². The summed E-state index contributed by atoms with van der Waals surface area (Å²) in [5, 5.41) is 13.0. The van der Waals surface area contributed by atoms with E-state index in [0.717, 1.165) is 16.4 Å². The van der Waals surface area contributed by atoms with Crippen LogP contribution in [0.4, 0.5) is 0 Å². The number of nitrogens with one attached hydrogen (secondary N) is 1. The van der Waals surface area contributed by atoms with E-state index in [2.05, 4.69) is 5.32 Å². The van der Waals surface area contributed by atoms with Crippen molar-refractivity contribution in [1.82, 2.24) is 5.32 Å². The lowest BCUT2D eigenvalue weighted by Gasteiger charge is -2.14. The summed E-state index contributed by atoms with van der Waals surface area (Å²) in [7, 11) is 0. The van der Waals surface area contributed by atoms with E-state index in [1.54, 1.807) is 29.6 Å². The Morgan fingerprint density at radius 2 is 2.16 bits per heavy atom. The first-order valence-corrected chi connectivity index (χ1v) is 8.52. The van der Waals surface area contributed by atoms with Gasteiger partial charge in [0.25, 0.3) is 0 Å². The van der Waals surface area contributed by atoms with Crippen molar-refractivity contribution >= 4 is 35.5 Å². The van der Waals surface area contributed by atoms with E-state index in [0.29, 0.717) is 0 Å². The van der Waals surface area contributed by atoms with Gasteiger partial charge in [0.05, 0.1) is 12.6 Å². The molecule has 1 amide bonds. The molecule has 0 unspecified atom stereocenters. The molecule has 5 heteroatoms. The molecule has 2 N–H and O–H groups in total. The lowest BCUT2D eigenvalue weighted by Crippen LogP contribution is -2.38. The number of amides is 1. The van der Waals surface area contributed by atoms with Crippen LogP contribution in [-0.2, 0) is 4.79 Å². The molecule has 0 aliphatic rings. The van der Waals surface area contributed by atoms with Gasteiger partial charge < -0.3 is 10.4 Å². The number of aliphatic hydroxyl groups excluding tert-OH is 1. The average Bonchev–Trinajstić information content (AvgIpc) is 2.45. The van der Waals surface area contributed by atoms with Gasteiger partial charge in [0.1, 0.15) is 0 Å². The Kier molecular flexibility index (Phi) is 8.45. The molecule has 0 aliphatic carbocycles. The van der Waals surface area contributed by atoms with Gasteiger partial charge in [-0.25, -0.2) is 0 Å². The summed E-state index contributed by atoms with van der Waals surface area (Å²) in [6, 6.07) is 9.45. The number of thioether (sulfide) groups is 2. The molecule has 0 saturated carbocycles. The average molecular weight is 297 g/mol. The van der Waals surface area contributed by atoms with Gasteiger partial charge >= 0.3 is 0 Å². The molecule has 1 atom stereocenters. The number of carbonyl (C=O) groups is 1. The molecule has 19 heavy (non-hydrogen) atoms. The van der Waals surface area contributed by atoms with E-state index in [-0.39, 0.29) is 18.6 Å². The highest BCUT2D eigenvalue weighted by molar-refractivity contribution is 8.15. The predicted molar refractivity (Wildman–Crippen MR) is 85.3 cm³/mol. The monoisotopic (exact) mass is 297 g/mol. The van der Waals surface area contributed by atoms with Crippen LogP contribution in [0, 0.1) is 0 Å². The Morgan fingerprint density at radius 1 is 1.42 bits per heavy atom. The van der Waals surface area contributed by atoms with Crippen LogP contribution in [0.15, 0.2) is 36.4 Å². The second kappa shape index (κ2) is 9.95. The highest BCUT2D eigenvalue weighted by Gasteiger charge is 2.09. The van der Waals surface area contributed by atoms with E-state index in [1.165, 1.54) is 6.08 Å². The minimum atomic E-state index is -0.190. The summed E-state index contributed by atoms with van der Waals surface area (Å²) in [6.07, 6.45) is 5.29. The third kappa shape index (κ3) is 7.30. The van der Waals surface area contributed by atoms with E-state index >= 15 is 0 Å². The summed E-state index contributed by atoms with van der Waals surface area (Å²) >= 11 is 3.44. The van der Waals surface area contributed by atoms with Crippen molar-refractivity contribution in [3.05, 3.63) is 42.0 Å². The number of hydrogen-bond donors (Lipinski definition) is 2. The van der Waals surface area contributed by atoms with Gasteiger partial charge in [-0.2, -0.15) is 11.8 Å². The SMILES string of the molecule is CSCSC[C@H](CO)NC(=O)/C=C\c1ccccc1. The zero-order valence-corrected chi connectivity index (χ0v) is 12.5. The molecule has 1 aromatic carbocycles. The minimum absolute atomic E-state index is 0.0354. The fourth-order valence-electron chi connectivity index (χ4n) is 1.40. The van der Waals surface area contributed by atoms with Gasteiger partial charge in [-0.05, 0) is 17.9 Å². The topological polar surface area (TPSA) is 49.3 Å². The molecular formula is C14H19NO2S2. The van der Waals surface area contributed by atoms with Crippen LogP contribution >= 0.6 is 23.5 Å². The Morgan fingerprint density at radius 3 is 2.79 bits per heavy atom. The van der Waals surface area contributed by atoms with E-state index in [1.807, 2.05) is 36.6 Å². The number of aliphatic hydroxyl groups is 1. The van der Waals surface area contributed by atoms with Crippen molar-refractivity contribution in [2.24, 2.45) is 0 Å². The Hall–Kier alpha value is -0.910. The van der Waals surface area contributed by atoms with Crippen LogP contribution in [0.5, 0.6) is 0 Å². The van der Waals surface area contributed by atoms with E-state index < -0.39 is 0 Å². The normalized spacial score (nSPS) is 12.5. The van der Waals surface area contributed by atoms with Crippen molar-refractivity contribution in [3.8, 4) is 0 Å². The van der Waals surface area contributed by atoms with E-state index in [9.17, 15) is 9.90 Å². The van der Waals surface area contributed by atoms with Crippen molar-refractivity contribution < 1.29 is 9.90 Å². The molecule has 0 aliphatic heterocycles. The zero-order chi connectivity index (χ0) is 13.9. The molecule has 0 radical (unpaired) electrons. The maximum Gasteiger partial charge on any atom is 0.244 e. The number of carbonyl (C=O) groups excluding carboxylic acids is 1. The Bertz CT molecular complexity index is 396. The number of rotatable bonds is 8. The maximum absolute atomic E-state index is 11.7. The predicted octanol–water partition coefficient (Wildman–Crippen LogP) is 2.23. The fourth-order valence-corrected chi connectivity index (χ4v) is 2.92.